The minimum absolute atomic E-state index is 0.0441. The summed E-state index contributed by atoms with van der Waals surface area (Å²) in [5, 5.41) is 0.0441. The average molecular weight is 266 g/mol. The van der Waals surface area contributed by atoms with E-state index in [-0.39, 0.29) is 5.03 Å². The van der Waals surface area contributed by atoms with Crippen molar-refractivity contribution < 1.29 is 8.42 Å². The van der Waals surface area contributed by atoms with Crippen LogP contribution in [0, 0.1) is 6.92 Å². The second-order valence-corrected chi connectivity index (χ2v) is 5.52. The molecule has 0 aliphatic carbocycles. The third-order valence-corrected chi connectivity index (χ3v) is 3.65. The second-order valence-electron chi connectivity index (χ2n) is 3.87. The lowest BCUT2D eigenvalue weighted by atomic mass is 10.3. The van der Waals surface area contributed by atoms with Gasteiger partial charge in [-0.05, 0) is 24.6 Å². The number of aromatic nitrogens is 3. The standard InChI is InChI=1S/C11H14N4O2S/c1-3-9-13-7-11(14-9)18(16,17)15-10-6-8(2)4-5-12-10/h4-7H,3H2,1-2H3,(H,12,15)(H,13,14). The van der Waals surface area contributed by atoms with Crippen LogP contribution < -0.4 is 4.72 Å². The first-order valence-corrected chi connectivity index (χ1v) is 6.99. The molecular weight excluding hydrogens is 252 g/mol. The Balaban J connectivity index is 2.27. The number of aromatic amines is 1. The van der Waals surface area contributed by atoms with Gasteiger partial charge < -0.3 is 4.98 Å². The van der Waals surface area contributed by atoms with Crippen LogP contribution >= 0.6 is 0 Å². The van der Waals surface area contributed by atoms with E-state index in [1.165, 1.54) is 6.20 Å². The molecule has 0 unspecified atom stereocenters. The van der Waals surface area contributed by atoms with Crippen molar-refractivity contribution in [1.29, 1.82) is 0 Å². The molecule has 0 radical (unpaired) electrons. The predicted octanol–water partition coefficient (Wildman–Crippen LogP) is 1.48. The molecule has 6 nitrogen and oxygen atoms in total. The van der Waals surface area contributed by atoms with Gasteiger partial charge in [0.25, 0.3) is 10.0 Å². The van der Waals surface area contributed by atoms with E-state index in [2.05, 4.69) is 19.7 Å². The highest BCUT2D eigenvalue weighted by Crippen LogP contribution is 2.13. The molecular formula is C11H14N4O2S. The maximum absolute atomic E-state index is 12.0. The smallest absolute Gasteiger partial charge is 0.280 e. The van der Waals surface area contributed by atoms with Gasteiger partial charge in [-0.1, -0.05) is 6.92 Å². The summed E-state index contributed by atoms with van der Waals surface area (Å²) in [4.78, 5) is 10.7. The van der Waals surface area contributed by atoms with Gasteiger partial charge in [0, 0.05) is 12.6 Å². The molecule has 0 saturated carbocycles. The third kappa shape index (κ3) is 2.67. The van der Waals surface area contributed by atoms with E-state index in [1.54, 1.807) is 18.3 Å². The van der Waals surface area contributed by atoms with Gasteiger partial charge >= 0.3 is 0 Å². The molecule has 96 valence electrons. The molecule has 0 atom stereocenters. The Kier molecular flexibility index (Phi) is 3.33. The Morgan fingerprint density at radius 2 is 2.17 bits per heavy atom. The molecule has 2 rings (SSSR count). The Bertz CT molecular complexity index is 649. The van der Waals surface area contributed by atoms with E-state index >= 15 is 0 Å². The molecule has 0 saturated heterocycles. The van der Waals surface area contributed by atoms with E-state index < -0.39 is 10.0 Å². The highest BCUT2D eigenvalue weighted by Gasteiger charge is 2.17. The lowest BCUT2D eigenvalue weighted by Crippen LogP contribution is -2.14. The third-order valence-electron chi connectivity index (χ3n) is 2.38. The fourth-order valence-corrected chi connectivity index (χ4v) is 2.38. The number of aryl methyl sites for hydroxylation is 2. The molecule has 0 spiro atoms. The summed E-state index contributed by atoms with van der Waals surface area (Å²) in [5.41, 5.74) is 0.932. The van der Waals surface area contributed by atoms with Gasteiger partial charge in [-0.2, -0.15) is 8.42 Å². The molecule has 2 N–H and O–H groups in total. The number of pyridine rings is 1. The molecule has 0 amide bonds. The number of hydrogen-bond donors (Lipinski definition) is 2. The predicted molar refractivity (Wildman–Crippen MR) is 67.7 cm³/mol. The van der Waals surface area contributed by atoms with E-state index in [9.17, 15) is 8.42 Å². The first kappa shape index (κ1) is 12.6. The van der Waals surface area contributed by atoms with Crippen LogP contribution in [0.15, 0.2) is 29.6 Å². The van der Waals surface area contributed by atoms with E-state index in [0.29, 0.717) is 18.1 Å². The Morgan fingerprint density at radius 1 is 1.39 bits per heavy atom. The lowest BCUT2D eigenvalue weighted by molar-refractivity contribution is 0.597. The van der Waals surface area contributed by atoms with Crippen molar-refractivity contribution in [2.24, 2.45) is 0 Å². The zero-order valence-electron chi connectivity index (χ0n) is 10.1. The van der Waals surface area contributed by atoms with Crippen LogP contribution in [0.2, 0.25) is 0 Å². The number of imidazole rings is 1. The van der Waals surface area contributed by atoms with Crippen molar-refractivity contribution >= 4 is 15.8 Å². The van der Waals surface area contributed by atoms with Crippen LogP contribution in [0.5, 0.6) is 0 Å². The van der Waals surface area contributed by atoms with Gasteiger partial charge in [0.05, 0.1) is 6.20 Å². The van der Waals surface area contributed by atoms with E-state index in [4.69, 9.17) is 0 Å². The van der Waals surface area contributed by atoms with Gasteiger partial charge in [0.1, 0.15) is 11.6 Å². The van der Waals surface area contributed by atoms with Crippen molar-refractivity contribution in [2.75, 3.05) is 4.72 Å². The number of H-pyrrole nitrogens is 1. The highest BCUT2D eigenvalue weighted by atomic mass is 32.2. The molecule has 0 fully saturated rings. The SMILES string of the molecule is CCc1ncc(S(=O)(=O)Nc2cc(C)ccn2)[nH]1. The van der Waals surface area contributed by atoms with Crippen molar-refractivity contribution in [3.05, 3.63) is 35.9 Å². The Morgan fingerprint density at radius 3 is 2.78 bits per heavy atom. The van der Waals surface area contributed by atoms with Crippen molar-refractivity contribution in [1.82, 2.24) is 15.0 Å². The number of hydrogen-bond acceptors (Lipinski definition) is 4. The van der Waals surface area contributed by atoms with Gasteiger partial charge in [-0.25, -0.2) is 9.97 Å². The summed E-state index contributed by atoms with van der Waals surface area (Å²) >= 11 is 0. The molecule has 0 aromatic carbocycles. The lowest BCUT2D eigenvalue weighted by Gasteiger charge is -2.05. The van der Waals surface area contributed by atoms with E-state index in [1.807, 2.05) is 13.8 Å². The zero-order chi connectivity index (χ0) is 13.2. The summed E-state index contributed by atoms with van der Waals surface area (Å²) < 4.78 is 26.4. The van der Waals surface area contributed by atoms with Crippen LogP contribution in [0.4, 0.5) is 5.82 Å². The number of sulfonamides is 1. The molecule has 0 aliphatic heterocycles. The van der Waals surface area contributed by atoms with Crippen LogP contribution in [-0.2, 0) is 16.4 Å². The largest absolute Gasteiger partial charge is 0.332 e. The normalized spacial score (nSPS) is 11.4. The monoisotopic (exact) mass is 266 g/mol. The average Bonchev–Trinajstić information content (AvgIpc) is 2.77. The van der Waals surface area contributed by atoms with Crippen LogP contribution in [0.3, 0.4) is 0 Å². The van der Waals surface area contributed by atoms with Gasteiger partial charge in [-0.3, -0.25) is 4.72 Å². The summed E-state index contributed by atoms with van der Waals surface area (Å²) in [7, 11) is -3.65. The number of nitrogens with one attached hydrogen (secondary N) is 2. The molecule has 2 aromatic rings. The first-order chi connectivity index (χ1) is 8.51. The second kappa shape index (κ2) is 4.77. The quantitative estimate of drug-likeness (QED) is 0.877. The first-order valence-electron chi connectivity index (χ1n) is 5.50. The fourth-order valence-electron chi connectivity index (χ4n) is 1.44. The minimum Gasteiger partial charge on any atom is -0.332 e. The number of nitrogens with zero attached hydrogens (tertiary/aromatic N) is 2. The van der Waals surface area contributed by atoms with Crippen LogP contribution in [-0.4, -0.2) is 23.4 Å². The van der Waals surface area contributed by atoms with Crippen molar-refractivity contribution in [3.63, 3.8) is 0 Å². The number of anilines is 1. The van der Waals surface area contributed by atoms with Gasteiger partial charge in [0.15, 0.2) is 5.03 Å². The molecule has 18 heavy (non-hydrogen) atoms. The van der Waals surface area contributed by atoms with Crippen molar-refractivity contribution in [2.45, 2.75) is 25.3 Å². The highest BCUT2D eigenvalue weighted by molar-refractivity contribution is 7.92. The summed E-state index contributed by atoms with van der Waals surface area (Å²) in [5.74, 6) is 0.926. The van der Waals surface area contributed by atoms with E-state index in [0.717, 1.165) is 5.56 Å². The Hall–Kier alpha value is -1.89. The fraction of sp³-hybridized carbons (Fsp3) is 0.273. The molecule has 2 heterocycles. The molecule has 7 heteroatoms. The number of rotatable bonds is 4. The summed E-state index contributed by atoms with van der Waals surface area (Å²) in [6.45, 7) is 3.76. The molecule has 0 bridgehead atoms. The zero-order valence-corrected chi connectivity index (χ0v) is 11.0. The topological polar surface area (TPSA) is 87.7 Å². The molecule has 2 aromatic heterocycles. The maximum Gasteiger partial charge on any atom is 0.280 e. The van der Waals surface area contributed by atoms with Crippen LogP contribution in [0.1, 0.15) is 18.3 Å². The Labute approximate surface area is 106 Å². The van der Waals surface area contributed by atoms with Crippen molar-refractivity contribution in [3.8, 4) is 0 Å². The summed E-state index contributed by atoms with van der Waals surface area (Å²) in [6, 6.07) is 3.46. The minimum atomic E-state index is -3.65. The van der Waals surface area contributed by atoms with Crippen LogP contribution in [0.25, 0.3) is 0 Å². The van der Waals surface area contributed by atoms with Gasteiger partial charge in [-0.15, -0.1) is 0 Å². The summed E-state index contributed by atoms with van der Waals surface area (Å²) in [6.07, 6.45) is 3.51. The maximum atomic E-state index is 12.0. The van der Waals surface area contributed by atoms with Gasteiger partial charge in [0.2, 0.25) is 0 Å². The molecule has 0 aliphatic rings.